The van der Waals surface area contributed by atoms with Crippen LogP contribution in [0.3, 0.4) is 0 Å². The van der Waals surface area contributed by atoms with Crippen molar-refractivity contribution in [1.82, 2.24) is 9.80 Å². The molecule has 1 aromatic heterocycles. The minimum Gasteiger partial charge on any atom is -0.461 e. The Morgan fingerprint density at radius 2 is 1.92 bits per heavy atom. The van der Waals surface area contributed by atoms with Gasteiger partial charge < -0.3 is 9.32 Å². The summed E-state index contributed by atoms with van der Waals surface area (Å²) in [5, 5.41) is 0.443. The lowest BCUT2D eigenvalue weighted by molar-refractivity contribution is 0.0620. The van der Waals surface area contributed by atoms with Crippen LogP contribution in [0.2, 0.25) is 5.02 Å². The fourth-order valence-corrected chi connectivity index (χ4v) is 3.22. The van der Waals surface area contributed by atoms with Crippen LogP contribution < -0.4 is 0 Å². The number of nitrogens with zero attached hydrogens (tertiary/aromatic N) is 2. The van der Waals surface area contributed by atoms with Gasteiger partial charge in [-0.05, 0) is 30.3 Å². The van der Waals surface area contributed by atoms with Crippen molar-refractivity contribution in [2.45, 2.75) is 0 Å². The van der Waals surface area contributed by atoms with E-state index in [-0.39, 0.29) is 11.7 Å². The first-order valence-electron chi connectivity index (χ1n) is 7.58. The molecule has 0 N–H and O–H groups in total. The van der Waals surface area contributed by atoms with Crippen LogP contribution >= 0.6 is 27.5 Å². The number of ketones is 1. The van der Waals surface area contributed by atoms with Crippen LogP contribution in [0.25, 0.3) is 0 Å². The second-order valence-electron chi connectivity index (χ2n) is 5.59. The standard InChI is InChI=1S/C17H16BrClN2O3/c18-12-3-4-14(19)13(10-12)17(23)21-7-5-20(6-8-21)11-15(22)16-2-1-9-24-16/h1-4,9-10H,5-8,11H2. The Morgan fingerprint density at radius 3 is 2.58 bits per heavy atom. The van der Waals surface area contributed by atoms with Crippen molar-refractivity contribution in [3.05, 3.63) is 57.4 Å². The summed E-state index contributed by atoms with van der Waals surface area (Å²) in [6, 6.07) is 8.61. The van der Waals surface area contributed by atoms with E-state index in [1.54, 1.807) is 35.2 Å². The number of hydrogen-bond acceptors (Lipinski definition) is 4. The monoisotopic (exact) mass is 410 g/mol. The summed E-state index contributed by atoms with van der Waals surface area (Å²) in [5.41, 5.74) is 0.492. The van der Waals surface area contributed by atoms with Gasteiger partial charge in [-0.2, -0.15) is 0 Å². The van der Waals surface area contributed by atoms with Crippen molar-refractivity contribution >= 4 is 39.2 Å². The lowest BCUT2D eigenvalue weighted by Gasteiger charge is -2.34. The predicted molar refractivity (Wildman–Crippen MR) is 94.5 cm³/mol. The molecule has 2 heterocycles. The van der Waals surface area contributed by atoms with E-state index in [0.29, 0.717) is 49.1 Å². The number of Topliss-reactive ketones (excluding diaryl/α,β-unsaturated/α-hetero) is 1. The van der Waals surface area contributed by atoms with E-state index in [9.17, 15) is 9.59 Å². The summed E-state index contributed by atoms with van der Waals surface area (Å²) in [5.74, 6) is 0.238. The van der Waals surface area contributed by atoms with E-state index >= 15 is 0 Å². The number of halogens is 2. The zero-order valence-corrected chi connectivity index (χ0v) is 15.2. The summed E-state index contributed by atoms with van der Waals surface area (Å²) in [6.07, 6.45) is 1.49. The fourth-order valence-electron chi connectivity index (χ4n) is 2.66. The molecule has 0 bridgehead atoms. The highest BCUT2D eigenvalue weighted by molar-refractivity contribution is 9.10. The minimum atomic E-state index is -0.0849. The molecule has 7 heteroatoms. The zero-order chi connectivity index (χ0) is 17.1. The van der Waals surface area contributed by atoms with Crippen LogP contribution in [0, 0.1) is 0 Å². The number of piperazine rings is 1. The molecule has 126 valence electrons. The van der Waals surface area contributed by atoms with Gasteiger partial charge in [0.15, 0.2) is 5.76 Å². The molecule has 1 amide bonds. The molecule has 2 aromatic rings. The van der Waals surface area contributed by atoms with Crippen LogP contribution in [-0.2, 0) is 0 Å². The fraction of sp³-hybridized carbons (Fsp3) is 0.294. The van der Waals surface area contributed by atoms with Crippen LogP contribution in [-0.4, -0.2) is 54.2 Å². The molecule has 1 fully saturated rings. The largest absolute Gasteiger partial charge is 0.461 e. The number of rotatable bonds is 4. The summed E-state index contributed by atoms with van der Waals surface area (Å²) in [7, 11) is 0. The van der Waals surface area contributed by atoms with E-state index in [0.717, 1.165) is 4.47 Å². The summed E-state index contributed by atoms with van der Waals surface area (Å²) in [4.78, 5) is 28.5. The van der Waals surface area contributed by atoms with E-state index in [4.69, 9.17) is 16.0 Å². The third-order valence-corrected chi connectivity index (χ3v) is 4.80. The second-order valence-corrected chi connectivity index (χ2v) is 6.92. The molecule has 0 unspecified atom stereocenters. The van der Waals surface area contributed by atoms with Crippen molar-refractivity contribution < 1.29 is 14.0 Å². The van der Waals surface area contributed by atoms with Gasteiger partial charge in [0.25, 0.3) is 5.91 Å². The van der Waals surface area contributed by atoms with Crippen molar-refractivity contribution in [2.75, 3.05) is 32.7 Å². The van der Waals surface area contributed by atoms with E-state index in [2.05, 4.69) is 15.9 Å². The second kappa shape index (κ2) is 7.51. The van der Waals surface area contributed by atoms with Gasteiger partial charge in [-0.1, -0.05) is 27.5 Å². The molecule has 1 saturated heterocycles. The Bertz CT molecular complexity index is 740. The molecule has 24 heavy (non-hydrogen) atoms. The Balaban J connectivity index is 1.57. The molecule has 0 atom stereocenters. The van der Waals surface area contributed by atoms with Crippen LogP contribution in [0.5, 0.6) is 0 Å². The molecule has 1 aromatic carbocycles. The zero-order valence-electron chi connectivity index (χ0n) is 12.9. The topological polar surface area (TPSA) is 53.8 Å². The average Bonchev–Trinajstić information content (AvgIpc) is 3.12. The molecule has 0 aliphatic carbocycles. The molecule has 0 spiro atoms. The highest BCUT2D eigenvalue weighted by Crippen LogP contribution is 2.23. The highest BCUT2D eigenvalue weighted by atomic mass is 79.9. The van der Waals surface area contributed by atoms with Gasteiger partial charge in [0, 0.05) is 30.7 Å². The Kier molecular flexibility index (Phi) is 5.38. The molecule has 0 radical (unpaired) electrons. The molecular weight excluding hydrogens is 396 g/mol. The smallest absolute Gasteiger partial charge is 0.255 e. The van der Waals surface area contributed by atoms with E-state index in [1.807, 2.05) is 4.90 Å². The third kappa shape index (κ3) is 3.88. The van der Waals surface area contributed by atoms with Gasteiger partial charge in [0.05, 0.1) is 23.4 Å². The van der Waals surface area contributed by atoms with Crippen molar-refractivity contribution in [3.63, 3.8) is 0 Å². The maximum Gasteiger partial charge on any atom is 0.255 e. The SMILES string of the molecule is O=C(CN1CCN(C(=O)c2cc(Br)ccc2Cl)CC1)c1ccco1. The first-order chi connectivity index (χ1) is 11.5. The van der Waals surface area contributed by atoms with Gasteiger partial charge in [-0.15, -0.1) is 0 Å². The Hall–Kier alpha value is -1.63. The van der Waals surface area contributed by atoms with Crippen molar-refractivity contribution in [1.29, 1.82) is 0 Å². The average molecular weight is 412 g/mol. The van der Waals surface area contributed by atoms with E-state index < -0.39 is 0 Å². The van der Waals surface area contributed by atoms with Crippen LogP contribution in [0.15, 0.2) is 45.5 Å². The van der Waals surface area contributed by atoms with Gasteiger partial charge in [-0.25, -0.2) is 0 Å². The maximum atomic E-state index is 12.6. The third-order valence-electron chi connectivity index (χ3n) is 3.98. The molecule has 1 aliphatic heterocycles. The number of carbonyl (C=O) groups excluding carboxylic acids is 2. The van der Waals surface area contributed by atoms with Gasteiger partial charge >= 0.3 is 0 Å². The minimum absolute atomic E-state index is 0.0465. The molecule has 1 aliphatic rings. The number of hydrogen-bond donors (Lipinski definition) is 0. The Morgan fingerprint density at radius 1 is 1.17 bits per heavy atom. The summed E-state index contributed by atoms with van der Waals surface area (Å²) in [6.45, 7) is 2.71. The number of carbonyl (C=O) groups is 2. The predicted octanol–water partition coefficient (Wildman–Crippen LogP) is 3.34. The quantitative estimate of drug-likeness (QED) is 0.724. The molecule has 3 rings (SSSR count). The number of benzene rings is 1. The lowest BCUT2D eigenvalue weighted by Crippen LogP contribution is -2.49. The molecule has 0 saturated carbocycles. The van der Waals surface area contributed by atoms with Gasteiger partial charge in [0.2, 0.25) is 5.78 Å². The summed E-state index contributed by atoms with van der Waals surface area (Å²) < 4.78 is 5.94. The molecule has 5 nitrogen and oxygen atoms in total. The van der Waals surface area contributed by atoms with Gasteiger partial charge in [-0.3, -0.25) is 14.5 Å². The van der Waals surface area contributed by atoms with Gasteiger partial charge in [0.1, 0.15) is 0 Å². The normalized spacial score (nSPS) is 15.5. The van der Waals surface area contributed by atoms with Crippen LogP contribution in [0.1, 0.15) is 20.9 Å². The van der Waals surface area contributed by atoms with E-state index in [1.165, 1.54) is 6.26 Å². The number of amides is 1. The Labute approximate surface area is 153 Å². The van der Waals surface area contributed by atoms with Crippen molar-refractivity contribution in [3.8, 4) is 0 Å². The lowest BCUT2D eigenvalue weighted by atomic mass is 10.1. The van der Waals surface area contributed by atoms with Crippen LogP contribution in [0.4, 0.5) is 0 Å². The molecular formula is C17H16BrClN2O3. The maximum absolute atomic E-state index is 12.6. The van der Waals surface area contributed by atoms with Crippen molar-refractivity contribution in [2.24, 2.45) is 0 Å². The first kappa shape index (κ1) is 17.2. The first-order valence-corrected chi connectivity index (χ1v) is 8.75. The highest BCUT2D eigenvalue weighted by Gasteiger charge is 2.25. The number of furan rings is 1. The summed E-state index contributed by atoms with van der Waals surface area (Å²) >= 11 is 9.49.